The first kappa shape index (κ1) is 13.6. The molecule has 0 heterocycles. The summed E-state index contributed by atoms with van der Waals surface area (Å²) >= 11 is 0. The third-order valence-electron chi connectivity index (χ3n) is 2.93. The maximum Gasteiger partial charge on any atom is 0.330 e. The van der Waals surface area contributed by atoms with Crippen molar-refractivity contribution in [2.75, 3.05) is 5.32 Å². The Morgan fingerprint density at radius 1 is 1.25 bits per heavy atom. The van der Waals surface area contributed by atoms with Gasteiger partial charge in [-0.3, -0.25) is 0 Å². The molecule has 0 aliphatic rings. The van der Waals surface area contributed by atoms with Crippen molar-refractivity contribution in [3.63, 3.8) is 0 Å². The van der Waals surface area contributed by atoms with Gasteiger partial charge < -0.3 is 10.4 Å². The van der Waals surface area contributed by atoms with Crippen LogP contribution in [0.25, 0.3) is 0 Å². The van der Waals surface area contributed by atoms with E-state index in [9.17, 15) is 9.90 Å². The lowest BCUT2D eigenvalue weighted by molar-refractivity contribution is -0.138. The van der Waals surface area contributed by atoms with Crippen molar-refractivity contribution in [2.24, 2.45) is 0 Å². The number of nitriles is 1. The molecule has 2 aromatic carbocycles. The Kier molecular flexibility index (Phi) is 4.02. The van der Waals surface area contributed by atoms with Crippen molar-refractivity contribution >= 4 is 11.7 Å². The van der Waals surface area contributed by atoms with E-state index in [2.05, 4.69) is 5.32 Å². The summed E-state index contributed by atoms with van der Waals surface area (Å²) in [6.45, 7) is 1.92. The first-order chi connectivity index (χ1) is 9.60. The summed E-state index contributed by atoms with van der Waals surface area (Å²) in [4.78, 5) is 11.4. The smallest absolute Gasteiger partial charge is 0.330 e. The second-order valence-corrected chi connectivity index (χ2v) is 4.52. The molecule has 1 unspecified atom stereocenters. The molecule has 2 rings (SSSR count). The monoisotopic (exact) mass is 266 g/mol. The van der Waals surface area contributed by atoms with E-state index in [1.165, 1.54) is 0 Å². The van der Waals surface area contributed by atoms with E-state index in [0.29, 0.717) is 16.8 Å². The van der Waals surface area contributed by atoms with Gasteiger partial charge in [-0.1, -0.05) is 35.9 Å². The largest absolute Gasteiger partial charge is 0.479 e. The van der Waals surface area contributed by atoms with Crippen LogP contribution in [0.4, 0.5) is 5.69 Å². The van der Waals surface area contributed by atoms with E-state index in [1.807, 2.05) is 31.2 Å². The second kappa shape index (κ2) is 5.89. The summed E-state index contributed by atoms with van der Waals surface area (Å²) in [6.07, 6.45) is 0. The van der Waals surface area contributed by atoms with Gasteiger partial charge in [-0.25, -0.2) is 4.79 Å². The molecular weight excluding hydrogens is 252 g/mol. The van der Waals surface area contributed by atoms with Crippen molar-refractivity contribution in [1.82, 2.24) is 0 Å². The van der Waals surface area contributed by atoms with Crippen molar-refractivity contribution in [1.29, 1.82) is 5.26 Å². The van der Waals surface area contributed by atoms with Gasteiger partial charge in [-0.2, -0.15) is 5.26 Å². The Balaban J connectivity index is 2.31. The minimum Gasteiger partial charge on any atom is -0.479 e. The molecule has 0 saturated carbocycles. The topological polar surface area (TPSA) is 73.1 Å². The fourth-order valence-corrected chi connectivity index (χ4v) is 1.98. The SMILES string of the molecule is Cc1cccc(C(Nc2cccc(C#N)c2)C(=O)O)c1. The number of nitrogens with zero attached hydrogens (tertiary/aromatic N) is 1. The highest BCUT2D eigenvalue weighted by Crippen LogP contribution is 2.21. The number of nitrogens with one attached hydrogen (secondary N) is 1. The highest BCUT2D eigenvalue weighted by Gasteiger charge is 2.19. The van der Waals surface area contributed by atoms with Crippen LogP contribution in [-0.4, -0.2) is 11.1 Å². The van der Waals surface area contributed by atoms with Gasteiger partial charge in [0.1, 0.15) is 0 Å². The van der Waals surface area contributed by atoms with Crippen molar-refractivity contribution < 1.29 is 9.90 Å². The van der Waals surface area contributed by atoms with Crippen LogP contribution < -0.4 is 5.32 Å². The van der Waals surface area contributed by atoms with Gasteiger partial charge in [0.2, 0.25) is 0 Å². The Hall–Kier alpha value is -2.80. The van der Waals surface area contributed by atoms with E-state index < -0.39 is 12.0 Å². The van der Waals surface area contributed by atoms with Gasteiger partial charge in [0.05, 0.1) is 11.6 Å². The maximum absolute atomic E-state index is 11.4. The Morgan fingerprint density at radius 2 is 2.00 bits per heavy atom. The zero-order valence-electron chi connectivity index (χ0n) is 11.0. The van der Waals surface area contributed by atoms with Gasteiger partial charge in [-0.15, -0.1) is 0 Å². The first-order valence-electron chi connectivity index (χ1n) is 6.16. The third-order valence-corrected chi connectivity index (χ3v) is 2.93. The minimum absolute atomic E-state index is 0.489. The van der Waals surface area contributed by atoms with Gasteiger partial charge in [0.15, 0.2) is 6.04 Å². The molecule has 0 saturated heterocycles. The predicted octanol–water partition coefficient (Wildman–Crippen LogP) is 3.10. The standard InChI is InChI=1S/C16H14N2O2/c1-11-4-2-6-13(8-11)15(16(19)20)18-14-7-3-5-12(9-14)10-17/h2-9,15,18H,1H3,(H,19,20). The lowest BCUT2D eigenvalue weighted by Crippen LogP contribution is -2.20. The normalized spacial score (nSPS) is 11.4. The zero-order chi connectivity index (χ0) is 14.5. The number of aryl methyl sites for hydroxylation is 1. The van der Waals surface area contributed by atoms with Gasteiger partial charge in [0.25, 0.3) is 0 Å². The summed E-state index contributed by atoms with van der Waals surface area (Å²) in [5, 5.41) is 21.2. The summed E-state index contributed by atoms with van der Waals surface area (Å²) < 4.78 is 0. The van der Waals surface area contributed by atoms with Crippen molar-refractivity contribution in [3.05, 3.63) is 65.2 Å². The molecule has 100 valence electrons. The number of carboxylic acids is 1. The third kappa shape index (κ3) is 3.15. The molecule has 0 aromatic heterocycles. The van der Waals surface area contributed by atoms with Crippen LogP contribution in [0.15, 0.2) is 48.5 Å². The molecule has 0 spiro atoms. The zero-order valence-corrected chi connectivity index (χ0v) is 11.0. The second-order valence-electron chi connectivity index (χ2n) is 4.52. The molecule has 4 nitrogen and oxygen atoms in total. The molecule has 4 heteroatoms. The average molecular weight is 266 g/mol. The Labute approximate surface area is 117 Å². The molecule has 0 bridgehead atoms. The molecule has 0 aliphatic heterocycles. The number of rotatable bonds is 4. The number of aliphatic carboxylic acids is 1. The van der Waals surface area contributed by atoms with Crippen LogP contribution in [0, 0.1) is 18.3 Å². The van der Waals surface area contributed by atoms with E-state index >= 15 is 0 Å². The average Bonchev–Trinajstić information content (AvgIpc) is 2.44. The molecule has 0 radical (unpaired) electrons. The molecule has 2 N–H and O–H groups in total. The Bertz CT molecular complexity index is 674. The molecule has 20 heavy (non-hydrogen) atoms. The Morgan fingerprint density at radius 3 is 2.65 bits per heavy atom. The van der Waals surface area contributed by atoms with Gasteiger partial charge in [-0.05, 0) is 30.7 Å². The van der Waals surface area contributed by atoms with Crippen molar-refractivity contribution in [3.8, 4) is 6.07 Å². The van der Waals surface area contributed by atoms with Gasteiger partial charge >= 0.3 is 5.97 Å². The number of carboxylic acid groups (broad SMARTS) is 1. The summed E-state index contributed by atoms with van der Waals surface area (Å²) in [5.74, 6) is -0.960. The van der Waals surface area contributed by atoms with Crippen LogP contribution in [0.3, 0.4) is 0 Å². The lowest BCUT2D eigenvalue weighted by Gasteiger charge is -2.16. The fraction of sp³-hybridized carbons (Fsp3) is 0.125. The first-order valence-corrected chi connectivity index (χ1v) is 6.16. The lowest BCUT2D eigenvalue weighted by atomic mass is 10.0. The molecule has 0 aliphatic carbocycles. The molecular formula is C16H14N2O2. The van der Waals surface area contributed by atoms with Gasteiger partial charge in [0, 0.05) is 5.69 Å². The molecule has 0 amide bonds. The minimum atomic E-state index is -0.960. The number of benzene rings is 2. The molecule has 1 atom stereocenters. The van der Waals surface area contributed by atoms with Crippen LogP contribution in [0.1, 0.15) is 22.7 Å². The van der Waals surface area contributed by atoms with Crippen LogP contribution in [0.2, 0.25) is 0 Å². The summed E-state index contributed by atoms with van der Waals surface area (Å²) in [5.41, 5.74) is 2.78. The van der Waals surface area contributed by atoms with Crippen LogP contribution in [-0.2, 0) is 4.79 Å². The number of anilines is 1. The quantitative estimate of drug-likeness (QED) is 0.891. The molecule has 0 fully saturated rings. The molecule has 2 aromatic rings. The van der Waals surface area contributed by atoms with E-state index in [4.69, 9.17) is 5.26 Å². The summed E-state index contributed by atoms with van der Waals surface area (Å²) in [6, 6.07) is 15.3. The maximum atomic E-state index is 11.4. The number of carbonyl (C=O) groups is 1. The van der Waals surface area contributed by atoms with E-state index in [1.54, 1.807) is 30.3 Å². The summed E-state index contributed by atoms with van der Waals surface area (Å²) in [7, 11) is 0. The fourth-order valence-electron chi connectivity index (χ4n) is 1.98. The highest BCUT2D eigenvalue weighted by molar-refractivity contribution is 5.79. The van der Waals surface area contributed by atoms with E-state index in [-0.39, 0.29) is 0 Å². The highest BCUT2D eigenvalue weighted by atomic mass is 16.4. The van der Waals surface area contributed by atoms with E-state index in [0.717, 1.165) is 5.56 Å². The number of hydrogen-bond donors (Lipinski definition) is 2. The predicted molar refractivity (Wildman–Crippen MR) is 76.3 cm³/mol. The van der Waals surface area contributed by atoms with Crippen LogP contribution >= 0.6 is 0 Å². The number of hydrogen-bond acceptors (Lipinski definition) is 3. The van der Waals surface area contributed by atoms with Crippen LogP contribution in [0.5, 0.6) is 0 Å². The van der Waals surface area contributed by atoms with Crippen molar-refractivity contribution in [2.45, 2.75) is 13.0 Å².